The molecule has 0 unspecified atom stereocenters. The normalized spacial score (nSPS) is 25.7. The Kier molecular flexibility index (Phi) is 4.75. The number of benzene rings is 1. The van der Waals surface area contributed by atoms with E-state index in [2.05, 4.69) is 10.2 Å². The average molecular weight is 381 g/mol. The lowest BCUT2D eigenvalue weighted by atomic mass is 9.70. The molecule has 28 heavy (non-hydrogen) atoms. The van der Waals surface area contributed by atoms with Gasteiger partial charge in [0.05, 0.1) is 12.0 Å². The third-order valence-corrected chi connectivity index (χ3v) is 5.92. The lowest BCUT2D eigenvalue weighted by Crippen LogP contribution is -2.47. The standard InChI is InChI=1S/C21H23N3O4/c1-2-28-20(27)21(12-14-6-4-3-5-7-14)13-15-8-10-17(21)24(15)19(26)16-9-11-18(25)23-22-16/h3-7,9,11,15,17H,2,8,10,12-13H2,1H3,(H,23,25)/t15-,17+,21+/m1/s1. The lowest BCUT2D eigenvalue weighted by molar-refractivity contribution is -0.157. The van der Waals surface area contributed by atoms with Crippen LogP contribution in [0, 0.1) is 5.41 Å². The predicted molar refractivity (Wildman–Crippen MR) is 102 cm³/mol. The SMILES string of the molecule is CCOC(=O)[C@@]1(Cc2ccccc2)C[C@H]2CC[C@@H]1N2C(=O)c1ccc(=O)[nH]n1. The Morgan fingerprint density at radius 1 is 1.21 bits per heavy atom. The molecule has 3 atom stereocenters. The molecule has 0 saturated carbocycles. The predicted octanol–water partition coefficient (Wildman–Crippen LogP) is 1.94. The molecule has 3 heterocycles. The summed E-state index contributed by atoms with van der Waals surface area (Å²) in [5.74, 6) is -0.485. The zero-order chi connectivity index (χ0) is 19.7. The first-order valence-corrected chi connectivity index (χ1v) is 9.64. The highest BCUT2D eigenvalue weighted by molar-refractivity contribution is 5.94. The maximum absolute atomic E-state index is 13.1. The molecule has 0 radical (unpaired) electrons. The van der Waals surface area contributed by atoms with Gasteiger partial charge in [-0.25, -0.2) is 5.10 Å². The van der Waals surface area contributed by atoms with Crippen LogP contribution in [-0.2, 0) is 16.0 Å². The number of rotatable bonds is 5. The first-order valence-electron chi connectivity index (χ1n) is 9.64. The number of nitrogens with one attached hydrogen (secondary N) is 1. The summed E-state index contributed by atoms with van der Waals surface area (Å²) in [5, 5.41) is 6.20. The van der Waals surface area contributed by atoms with Gasteiger partial charge < -0.3 is 9.64 Å². The topological polar surface area (TPSA) is 92.4 Å². The van der Waals surface area contributed by atoms with Crippen molar-refractivity contribution in [2.24, 2.45) is 5.41 Å². The highest BCUT2D eigenvalue weighted by Crippen LogP contribution is 2.52. The number of aromatic amines is 1. The molecule has 2 fully saturated rings. The van der Waals surface area contributed by atoms with E-state index < -0.39 is 5.41 Å². The van der Waals surface area contributed by atoms with Crippen LogP contribution in [0.1, 0.15) is 42.2 Å². The van der Waals surface area contributed by atoms with Crippen LogP contribution < -0.4 is 5.56 Å². The van der Waals surface area contributed by atoms with E-state index in [1.54, 1.807) is 11.8 Å². The van der Waals surface area contributed by atoms with Crippen LogP contribution >= 0.6 is 0 Å². The fraction of sp³-hybridized carbons (Fsp3) is 0.429. The molecule has 1 N–H and O–H groups in total. The fourth-order valence-corrected chi connectivity index (χ4v) is 4.80. The van der Waals surface area contributed by atoms with Gasteiger partial charge in [0.25, 0.3) is 11.5 Å². The van der Waals surface area contributed by atoms with Gasteiger partial charge in [-0.05, 0) is 44.2 Å². The highest BCUT2D eigenvalue weighted by atomic mass is 16.5. The Bertz CT molecular complexity index is 922. The van der Waals surface area contributed by atoms with E-state index in [-0.39, 0.29) is 35.2 Å². The van der Waals surface area contributed by atoms with Gasteiger partial charge in [-0.2, -0.15) is 5.10 Å². The number of fused-ring (bicyclic) bond motifs is 2. The van der Waals surface area contributed by atoms with E-state index in [0.717, 1.165) is 18.4 Å². The van der Waals surface area contributed by atoms with E-state index in [1.165, 1.54) is 12.1 Å². The Morgan fingerprint density at radius 2 is 2.00 bits per heavy atom. The molecule has 0 aliphatic carbocycles. The summed E-state index contributed by atoms with van der Waals surface area (Å²) in [6.07, 6.45) is 2.73. The zero-order valence-electron chi connectivity index (χ0n) is 15.8. The van der Waals surface area contributed by atoms with Crippen LogP contribution in [0.5, 0.6) is 0 Å². The van der Waals surface area contributed by atoms with Crippen LogP contribution in [0.4, 0.5) is 0 Å². The van der Waals surface area contributed by atoms with Crippen molar-refractivity contribution in [2.45, 2.75) is 44.7 Å². The molecule has 7 nitrogen and oxygen atoms in total. The van der Waals surface area contributed by atoms with Gasteiger partial charge in [-0.1, -0.05) is 30.3 Å². The zero-order valence-corrected chi connectivity index (χ0v) is 15.8. The summed E-state index contributed by atoms with van der Waals surface area (Å²) < 4.78 is 5.46. The lowest BCUT2D eigenvalue weighted by Gasteiger charge is -2.35. The molecule has 2 bridgehead atoms. The Labute approximate surface area is 162 Å². The highest BCUT2D eigenvalue weighted by Gasteiger charge is 2.62. The first kappa shape index (κ1) is 18.4. The minimum absolute atomic E-state index is 0.0284. The van der Waals surface area contributed by atoms with E-state index in [1.807, 2.05) is 30.3 Å². The molecule has 7 heteroatoms. The monoisotopic (exact) mass is 381 g/mol. The largest absolute Gasteiger partial charge is 0.465 e. The second kappa shape index (κ2) is 7.22. The molecule has 2 saturated heterocycles. The number of amides is 1. The number of esters is 1. The Balaban J connectivity index is 1.68. The third-order valence-electron chi connectivity index (χ3n) is 5.92. The van der Waals surface area contributed by atoms with Gasteiger partial charge in [0, 0.05) is 18.2 Å². The minimum Gasteiger partial charge on any atom is -0.465 e. The Morgan fingerprint density at radius 3 is 2.68 bits per heavy atom. The number of hydrogen-bond acceptors (Lipinski definition) is 5. The maximum Gasteiger partial charge on any atom is 0.314 e. The second-order valence-corrected chi connectivity index (χ2v) is 7.51. The van der Waals surface area contributed by atoms with Gasteiger partial charge in [0.15, 0.2) is 0 Å². The van der Waals surface area contributed by atoms with Crippen molar-refractivity contribution < 1.29 is 14.3 Å². The van der Waals surface area contributed by atoms with E-state index >= 15 is 0 Å². The molecule has 4 rings (SSSR count). The maximum atomic E-state index is 13.1. The molecular formula is C21H23N3O4. The van der Waals surface area contributed by atoms with Crippen LogP contribution in [0.15, 0.2) is 47.3 Å². The molecular weight excluding hydrogens is 358 g/mol. The summed E-state index contributed by atoms with van der Waals surface area (Å²) in [4.78, 5) is 39.3. The van der Waals surface area contributed by atoms with Gasteiger partial charge in [0.2, 0.25) is 0 Å². The van der Waals surface area contributed by atoms with Crippen LogP contribution in [0.2, 0.25) is 0 Å². The average Bonchev–Trinajstić information content (AvgIpc) is 3.25. The number of ether oxygens (including phenoxy) is 1. The van der Waals surface area contributed by atoms with E-state index in [9.17, 15) is 14.4 Å². The van der Waals surface area contributed by atoms with Crippen molar-refractivity contribution in [1.29, 1.82) is 0 Å². The number of carbonyl (C=O) groups excluding carboxylic acids is 2. The van der Waals surface area contributed by atoms with Crippen LogP contribution in [0.25, 0.3) is 0 Å². The number of H-pyrrole nitrogens is 1. The summed E-state index contributed by atoms with van der Waals surface area (Å²) in [5.41, 5.74) is 0.137. The van der Waals surface area contributed by atoms with Gasteiger partial charge in [-0.3, -0.25) is 14.4 Å². The number of carbonyl (C=O) groups is 2. The minimum atomic E-state index is -0.752. The molecule has 1 aromatic carbocycles. The van der Waals surface area contributed by atoms with Gasteiger partial charge >= 0.3 is 5.97 Å². The Hall–Kier alpha value is -2.96. The van der Waals surface area contributed by atoms with Gasteiger partial charge in [0.1, 0.15) is 5.69 Å². The summed E-state index contributed by atoms with van der Waals surface area (Å²) >= 11 is 0. The van der Waals surface area contributed by atoms with Crippen molar-refractivity contribution >= 4 is 11.9 Å². The quantitative estimate of drug-likeness (QED) is 0.799. The summed E-state index contributed by atoms with van der Waals surface area (Å²) in [6, 6.07) is 12.3. The smallest absolute Gasteiger partial charge is 0.314 e. The summed E-state index contributed by atoms with van der Waals surface area (Å²) in [6.45, 7) is 2.11. The molecule has 2 aromatic rings. The molecule has 146 valence electrons. The van der Waals surface area contributed by atoms with E-state index in [0.29, 0.717) is 19.4 Å². The fourth-order valence-electron chi connectivity index (χ4n) is 4.80. The number of hydrogen-bond donors (Lipinski definition) is 1. The number of nitrogens with zero attached hydrogens (tertiary/aromatic N) is 2. The molecule has 0 spiro atoms. The van der Waals surface area contributed by atoms with Crippen molar-refractivity contribution in [3.05, 3.63) is 64.1 Å². The molecule has 2 aliphatic rings. The van der Waals surface area contributed by atoms with Crippen molar-refractivity contribution in [2.75, 3.05) is 6.61 Å². The molecule has 1 amide bonds. The van der Waals surface area contributed by atoms with Gasteiger partial charge in [-0.15, -0.1) is 0 Å². The summed E-state index contributed by atoms with van der Waals surface area (Å²) in [7, 11) is 0. The van der Waals surface area contributed by atoms with Crippen molar-refractivity contribution in [3.8, 4) is 0 Å². The van der Waals surface area contributed by atoms with Crippen molar-refractivity contribution in [3.63, 3.8) is 0 Å². The van der Waals surface area contributed by atoms with Crippen molar-refractivity contribution in [1.82, 2.24) is 15.1 Å². The molecule has 1 aromatic heterocycles. The molecule has 2 aliphatic heterocycles. The first-order chi connectivity index (χ1) is 13.5. The van der Waals surface area contributed by atoms with Crippen LogP contribution in [0.3, 0.4) is 0 Å². The van der Waals surface area contributed by atoms with E-state index in [4.69, 9.17) is 4.74 Å². The van der Waals surface area contributed by atoms with Crippen LogP contribution in [-0.4, -0.2) is 45.7 Å². The number of aromatic nitrogens is 2. The third kappa shape index (κ3) is 3.00. The second-order valence-electron chi connectivity index (χ2n) is 7.51.